The van der Waals surface area contributed by atoms with Crippen molar-refractivity contribution in [3.63, 3.8) is 0 Å². The average Bonchev–Trinajstić information content (AvgIpc) is 3.48. The summed E-state index contributed by atoms with van der Waals surface area (Å²) in [5, 5.41) is 7.83. The molecule has 0 aliphatic carbocycles. The predicted octanol–water partition coefficient (Wildman–Crippen LogP) is -3.04. The van der Waals surface area contributed by atoms with Crippen LogP contribution in [0.4, 0.5) is 0 Å². The summed E-state index contributed by atoms with van der Waals surface area (Å²) >= 11 is 0. The minimum Gasteiger partial charge on any atom is -0.456 e. The van der Waals surface area contributed by atoms with Gasteiger partial charge in [-0.2, -0.15) is 0 Å². The molecular formula is C38H32B8O. The molecule has 9 heteroatoms. The zero-order valence-corrected chi connectivity index (χ0v) is 28.6. The van der Waals surface area contributed by atoms with Gasteiger partial charge in [-0.25, -0.2) is 0 Å². The summed E-state index contributed by atoms with van der Waals surface area (Å²) < 4.78 is 6.12. The van der Waals surface area contributed by atoms with Crippen LogP contribution in [0, 0.1) is 0 Å². The molecule has 7 aromatic carbocycles. The maximum Gasteiger partial charge on any atom is 0.139 e. The average molecular weight is 591 g/mol. The second kappa shape index (κ2) is 11.0. The summed E-state index contributed by atoms with van der Waals surface area (Å²) in [6.45, 7) is 0. The van der Waals surface area contributed by atoms with Gasteiger partial charge in [-0.3, -0.25) is 0 Å². The molecular weight excluding hydrogens is 559 g/mol. The van der Waals surface area contributed by atoms with Crippen LogP contribution in [0.15, 0.2) is 101 Å². The lowest BCUT2D eigenvalue weighted by Crippen LogP contribution is -2.50. The molecule has 8 rings (SSSR count). The second-order valence-corrected chi connectivity index (χ2v) is 13.5. The van der Waals surface area contributed by atoms with E-state index in [1.807, 2.05) is 12.1 Å². The number of hydrogen-bond acceptors (Lipinski definition) is 1. The fraction of sp³-hybridized carbons (Fsp3) is 0. The Labute approximate surface area is 283 Å². The zero-order chi connectivity index (χ0) is 32.7. The maximum atomic E-state index is 6.12. The first-order valence-electron chi connectivity index (χ1n) is 16.7. The molecule has 0 spiro atoms. The highest BCUT2D eigenvalue weighted by Gasteiger charge is 2.24. The maximum absolute atomic E-state index is 6.12. The van der Waals surface area contributed by atoms with Gasteiger partial charge in [-0.1, -0.05) is 101 Å². The number of hydrogen-bond donors (Lipinski definition) is 0. The van der Waals surface area contributed by atoms with Crippen molar-refractivity contribution in [3.05, 3.63) is 97.1 Å². The Hall–Kier alpha value is -4.62. The van der Waals surface area contributed by atoms with Gasteiger partial charge in [0.1, 0.15) is 73.9 Å². The highest BCUT2D eigenvalue weighted by atomic mass is 16.3. The Morgan fingerprint density at radius 2 is 0.723 bits per heavy atom. The summed E-state index contributed by atoms with van der Waals surface area (Å²) in [5.41, 5.74) is 20.5. The van der Waals surface area contributed by atoms with E-state index in [2.05, 4.69) is 148 Å². The Balaban J connectivity index is 1.47. The molecule has 0 saturated carbocycles. The van der Waals surface area contributed by atoms with Crippen molar-refractivity contribution in [2.75, 3.05) is 0 Å². The molecule has 1 nitrogen and oxygen atoms in total. The third kappa shape index (κ3) is 4.36. The summed E-state index contributed by atoms with van der Waals surface area (Å²) in [7, 11) is 18.5. The number of benzene rings is 7. The molecule has 1 aromatic heterocycles. The molecule has 0 aliphatic heterocycles. The molecule has 0 atom stereocenters. The van der Waals surface area contributed by atoms with Gasteiger partial charge in [0.05, 0.1) is 0 Å². The van der Waals surface area contributed by atoms with Crippen molar-refractivity contribution in [3.8, 4) is 33.4 Å². The minimum absolute atomic E-state index is 0.927. The lowest BCUT2D eigenvalue weighted by atomic mass is 9.59. The normalized spacial score (nSPS) is 11.7. The van der Waals surface area contributed by atoms with Crippen molar-refractivity contribution in [2.45, 2.75) is 0 Å². The third-order valence-corrected chi connectivity index (χ3v) is 11.3. The Morgan fingerprint density at radius 3 is 1.26 bits per heavy atom. The SMILES string of the molecule is Bc1c(B)c(B)c2c(-c3ccc(-c4ccc5oc6ccccc6c5c4)cc3)c3c(B)c(B)c(B)c(B)c3c(-c3ccccc3)c2c1B. The lowest BCUT2D eigenvalue weighted by molar-refractivity contribution is 0.669. The topological polar surface area (TPSA) is 13.1 Å². The van der Waals surface area contributed by atoms with E-state index < -0.39 is 0 Å². The van der Waals surface area contributed by atoms with Crippen molar-refractivity contribution >= 4 is 150 Å². The Bertz CT molecular complexity index is 2510. The standard InChI is InChI=1S/C38H32B8O/c39-31-27-25(18-6-2-1-3-7-18)28-30(34(42)38(46)36(44)32(28)40)26(29(27)33(41)37(45)35(31)43)19-12-10-17(11-13-19)20-14-15-24-22(16-20)21-8-4-5-9-23(21)47-24/h1-16H,39-46H2. The zero-order valence-electron chi connectivity index (χ0n) is 28.6. The van der Waals surface area contributed by atoms with Crippen molar-refractivity contribution in [2.24, 2.45) is 0 Å². The van der Waals surface area contributed by atoms with E-state index in [-0.39, 0.29) is 0 Å². The quantitative estimate of drug-likeness (QED) is 0.158. The van der Waals surface area contributed by atoms with Gasteiger partial charge in [0, 0.05) is 10.8 Å². The molecule has 0 aliphatic rings. The molecule has 0 unspecified atom stereocenters. The van der Waals surface area contributed by atoms with Crippen LogP contribution in [0.5, 0.6) is 0 Å². The van der Waals surface area contributed by atoms with E-state index in [1.165, 1.54) is 98.6 Å². The number of rotatable bonds is 3. The first-order chi connectivity index (χ1) is 22.7. The van der Waals surface area contributed by atoms with Crippen LogP contribution in [0.3, 0.4) is 0 Å². The minimum atomic E-state index is 0.927. The van der Waals surface area contributed by atoms with Gasteiger partial charge in [0.2, 0.25) is 0 Å². The number of para-hydroxylation sites is 1. The lowest BCUT2D eigenvalue weighted by Gasteiger charge is -2.28. The molecule has 0 saturated heterocycles. The van der Waals surface area contributed by atoms with Crippen LogP contribution in [0.25, 0.3) is 76.9 Å². The van der Waals surface area contributed by atoms with Crippen LogP contribution in [0.1, 0.15) is 0 Å². The van der Waals surface area contributed by atoms with Crippen LogP contribution in [-0.4, -0.2) is 62.8 Å². The molecule has 0 bridgehead atoms. The molecule has 0 N–H and O–H groups in total. The van der Waals surface area contributed by atoms with Crippen LogP contribution < -0.4 is 43.7 Å². The highest BCUT2D eigenvalue weighted by molar-refractivity contribution is 6.71. The fourth-order valence-corrected chi connectivity index (χ4v) is 8.04. The largest absolute Gasteiger partial charge is 0.456 e. The highest BCUT2D eigenvalue weighted by Crippen LogP contribution is 2.41. The molecule has 0 amide bonds. The Morgan fingerprint density at radius 1 is 0.319 bits per heavy atom. The molecule has 0 fully saturated rings. The van der Waals surface area contributed by atoms with E-state index in [4.69, 9.17) is 4.42 Å². The number of fused-ring (bicyclic) bond motifs is 5. The van der Waals surface area contributed by atoms with E-state index in [1.54, 1.807) is 0 Å². The summed E-state index contributed by atoms with van der Waals surface area (Å²) in [4.78, 5) is 0. The van der Waals surface area contributed by atoms with Gasteiger partial charge in [-0.05, 0) is 73.1 Å². The van der Waals surface area contributed by atoms with E-state index in [0.717, 1.165) is 21.9 Å². The molecule has 47 heavy (non-hydrogen) atoms. The summed E-state index contributed by atoms with van der Waals surface area (Å²) in [6, 6.07) is 35.2. The van der Waals surface area contributed by atoms with Crippen LogP contribution >= 0.6 is 0 Å². The van der Waals surface area contributed by atoms with Crippen molar-refractivity contribution < 1.29 is 4.42 Å². The Kier molecular flexibility index (Phi) is 6.95. The monoisotopic (exact) mass is 592 g/mol. The van der Waals surface area contributed by atoms with E-state index in [9.17, 15) is 0 Å². The van der Waals surface area contributed by atoms with Gasteiger partial charge in [-0.15, -0.1) is 21.9 Å². The summed E-state index contributed by atoms with van der Waals surface area (Å²) in [6.07, 6.45) is 0. The van der Waals surface area contributed by atoms with Crippen molar-refractivity contribution in [1.82, 2.24) is 0 Å². The van der Waals surface area contributed by atoms with Gasteiger partial charge in [0.15, 0.2) is 0 Å². The van der Waals surface area contributed by atoms with E-state index in [0.29, 0.717) is 0 Å². The van der Waals surface area contributed by atoms with Crippen LogP contribution in [-0.2, 0) is 0 Å². The summed E-state index contributed by atoms with van der Waals surface area (Å²) in [5.74, 6) is 0. The second-order valence-electron chi connectivity index (χ2n) is 13.5. The third-order valence-electron chi connectivity index (χ3n) is 11.3. The first-order valence-corrected chi connectivity index (χ1v) is 16.7. The molecule has 1 heterocycles. The van der Waals surface area contributed by atoms with E-state index >= 15 is 0 Å². The predicted molar refractivity (Wildman–Crippen MR) is 230 cm³/mol. The van der Waals surface area contributed by atoms with Crippen LogP contribution in [0.2, 0.25) is 0 Å². The first kappa shape index (κ1) is 29.8. The number of furan rings is 1. The van der Waals surface area contributed by atoms with Gasteiger partial charge < -0.3 is 4.42 Å². The van der Waals surface area contributed by atoms with Gasteiger partial charge >= 0.3 is 0 Å². The molecule has 214 valence electrons. The molecule has 8 aromatic rings. The van der Waals surface area contributed by atoms with Crippen molar-refractivity contribution in [1.29, 1.82) is 0 Å². The van der Waals surface area contributed by atoms with Gasteiger partial charge in [0.25, 0.3) is 0 Å². The molecule has 0 radical (unpaired) electrons. The smallest absolute Gasteiger partial charge is 0.139 e. The fourth-order valence-electron chi connectivity index (χ4n) is 8.04.